The van der Waals surface area contributed by atoms with E-state index in [1.54, 1.807) is 12.1 Å². The van der Waals surface area contributed by atoms with Crippen molar-refractivity contribution in [2.75, 3.05) is 14.2 Å². The van der Waals surface area contributed by atoms with Crippen LogP contribution in [0.5, 0.6) is 5.75 Å². The molecule has 7 heteroatoms. The summed E-state index contributed by atoms with van der Waals surface area (Å²) in [7, 11) is -0.843. The summed E-state index contributed by atoms with van der Waals surface area (Å²) in [5.74, 6) is 0.455. The molecule has 2 N–H and O–H groups in total. The third-order valence-corrected chi connectivity index (χ3v) is 6.10. The van der Waals surface area contributed by atoms with Crippen molar-refractivity contribution >= 4 is 10.0 Å². The molecule has 0 spiro atoms. The van der Waals surface area contributed by atoms with E-state index in [0.717, 1.165) is 12.8 Å². The standard InChI is InChI=1S/C15H23NO5S/c1-16(13-8-3-4-9-14(17)15(13)18)22(19,20)12-7-5-6-11(10-12)21-2/h5-7,10,13-15,17-18H,3-4,8-9H2,1-2H3/t13-,14-,15-/m1/s1. The molecule has 0 saturated heterocycles. The first-order valence-electron chi connectivity index (χ1n) is 7.36. The van der Waals surface area contributed by atoms with E-state index in [9.17, 15) is 18.6 Å². The minimum Gasteiger partial charge on any atom is -0.497 e. The Balaban J connectivity index is 2.31. The summed E-state index contributed by atoms with van der Waals surface area (Å²) in [6.45, 7) is 0. The van der Waals surface area contributed by atoms with Crippen molar-refractivity contribution in [3.05, 3.63) is 24.3 Å². The molecule has 1 saturated carbocycles. The first kappa shape index (κ1) is 17.2. The highest BCUT2D eigenvalue weighted by Crippen LogP contribution is 2.27. The van der Waals surface area contributed by atoms with Crippen LogP contribution < -0.4 is 4.74 Å². The number of rotatable bonds is 4. The number of methoxy groups -OCH3 is 1. The molecule has 0 unspecified atom stereocenters. The van der Waals surface area contributed by atoms with Gasteiger partial charge in [0.1, 0.15) is 5.75 Å². The van der Waals surface area contributed by atoms with Crippen LogP contribution in [0.25, 0.3) is 0 Å². The van der Waals surface area contributed by atoms with E-state index in [1.165, 1.54) is 30.6 Å². The molecule has 0 aromatic heterocycles. The van der Waals surface area contributed by atoms with Gasteiger partial charge in [-0.15, -0.1) is 0 Å². The molecule has 6 nitrogen and oxygen atoms in total. The van der Waals surface area contributed by atoms with E-state index in [4.69, 9.17) is 4.74 Å². The predicted octanol–water partition coefficient (Wildman–Crippen LogP) is 0.980. The highest BCUT2D eigenvalue weighted by molar-refractivity contribution is 7.89. The molecule has 0 radical (unpaired) electrons. The zero-order chi connectivity index (χ0) is 16.3. The first-order chi connectivity index (χ1) is 10.4. The van der Waals surface area contributed by atoms with Gasteiger partial charge >= 0.3 is 0 Å². The minimum absolute atomic E-state index is 0.111. The van der Waals surface area contributed by atoms with Crippen LogP contribution in [-0.2, 0) is 10.0 Å². The Bertz CT molecular complexity index is 604. The largest absolute Gasteiger partial charge is 0.497 e. The third kappa shape index (κ3) is 3.43. The molecule has 1 aliphatic rings. The van der Waals surface area contributed by atoms with Crippen LogP contribution in [0, 0.1) is 0 Å². The zero-order valence-electron chi connectivity index (χ0n) is 12.8. The maximum absolute atomic E-state index is 12.7. The van der Waals surface area contributed by atoms with Crippen molar-refractivity contribution < 1.29 is 23.4 Å². The fourth-order valence-corrected chi connectivity index (χ4v) is 4.24. The molecule has 124 valence electrons. The number of likely N-dealkylation sites (N-methyl/N-ethyl adjacent to an activating group) is 1. The molecule has 1 aromatic carbocycles. The van der Waals surface area contributed by atoms with Gasteiger partial charge < -0.3 is 14.9 Å². The van der Waals surface area contributed by atoms with Crippen LogP contribution in [0.2, 0.25) is 0 Å². The highest BCUT2D eigenvalue weighted by atomic mass is 32.2. The lowest BCUT2D eigenvalue weighted by molar-refractivity contribution is -0.0148. The lowest BCUT2D eigenvalue weighted by Gasteiger charge is -2.31. The second kappa shape index (κ2) is 6.95. The number of aliphatic hydroxyl groups is 2. The van der Waals surface area contributed by atoms with E-state index in [2.05, 4.69) is 0 Å². The molecule has 0 heterocycles. The summed E-state index contributed by atoms with van der Waals surface area (Å²) in [6, 6.07) is 5.59. The molecule has 2 rings (SSSR count). The van der Waals surface area contributed by atoms with Gasteiger partial charge in [0.25, 0.3) is 0 Å². The minimum atomic E-state index is -3.76. The normalized spacial score (nSPS) is 26.7. The summed E-state index contributed by atoms with van der Waals surface area (Å²) in [5.41, 5.74) is 0. The van der Waals surface area contributed by atoms with Crippen molar-refractivity contribution in [2.45, 2.75) is 48.8 Å². The monoisotopic (exact) mass is 329 g/mol. The first-order valence-corrected chi connectivity index (χ1v) is 8.80. The van der Waals surface area contributed by atoms with Gasteiger partial charge in [0, 0.05) is 13.1 Å². The van der Waals surface area contributed by atoms with Crippen LogP contribution in [0.1, 0.15) is 25.7 Å². The summed E-state index contributed by atoms with van der Waals surface area (Å²) in [4.78, 5) is 0.111. The van der Waals surface area contributed by atoms with Gasteiger partial charge in [-0.05, 0) is 25.0 Å². The van der Waals surface area contributed by atoms with Crippen molar-refractivity contribution in [1.82, 2.24) is 4.31 Å². The van der Waals surface area contributed by atoms with Gasteiger partial charge in [-0.25, -0.2) is 8.42 Å². The lowest BCUT2D eigenvalue weighted by atomic mass is 10.0. The Kier molecular flexibility index (Phi) is 5.44. The average molecular weight is 329 g/mol. The van der Waals surface area contributed by atoms with Gasteiger partial charge in [-0.1, -0.05) is 18.9 Å². The molecule has 1 aliphatic carbocycles. The Morgan fingerprint density at radius 1 is 1.23 bits per heavy atom. The summed E-state index contributed by atoms with van der Waals surface area (Å²) >= 11 is 0. The Hall–Kier alpha value is -1.15. The topological polar surface area (TPSA) is 87.1 Å². The fraction of sp³-hybridized carbons (Fsp3) is 0.600. The van der Waals surface area contributed by atoms with E-state index >= 15 is 0 Å². The summed E-state index contributed by atoms with van der Waals surface area (Å²) in [6.07, 6.45) is 0.601. The van der Waals surface area contributed by atoms with Crippen LogP contribution in [0.15, 0.2) is 29.2 Å². The second-order valence-corrected chi connectivity index (χ2v) is 7.61. The SMILES string of the molecule is COc1cccc(S(=O)(=O)N(C)[C@@H]2CCCC[C@@H](O)[C@@H]2O)c1. The molecule has 22 heavy (non-hydrogen) atoms. The Morgan fingerprint density at radius 2 is 1.91 bits per heavy atom. The van der Waals surface area contributed by atoms with Gasteiger partial charge in [0.2, 0.25) is 10.0 Å². The molecule has 0 amide bonds. The smallest absolute Gasteiger partial charge is 0.243 e. The molecule has 0 bridgehead atoms. The van der Waals surface area contributed by atoms with Crippen molar-refractivity contribution in [3.63, 3.8) is 0 Å². The molecular weight excluding hydrogens is 306 g/mol. The highest BCUT2D eigenvalue weighted by Gasteiger charge is 2.37. The zero-order valence-corrected chi connectivity index (χ0v) is 13.7. The quantitative estimate of drug-likeness (QED) is 0.804. The number of aliphatic hydroxyl groups excluding tert-OH is 2. The lowest BCUT2D eigenvalue weighted by Crippen LogP contribution is -2.48. The fourth-order valence-electron chi connectivity index (χ4n) is 2.81. The molecule has 1 aromatic rings. The van der Waals surface area contributed by atoms with Crippen LogP contribution in [0.4, 0.5) is 0 Å². The molecular formula is C15H23NO5S. The second-order valence-electron chi connectivity index (χ2n) is 5.61. The Labute approximate surface area is 131 Å². The average Bonchev–Trinajstić information content (AvgIpc) is 2.69. The van der Waals surface area contributed by atoms with E-state index in [1.807, 2.05) is 0 Å². The third-order valence-electron chi connectivity index (χ3n) is 4.22. The van der Waals surface area contributed by atoms with Crippen LogP contribution in [0.3, 0.4) is 0 Å². The number of nitrogens with zero attached hydrogens (tertiary/aromatic N) is 1. The van der Waals surface area contributed by atoms with Gasteiger partial charge in [-0.2, -0.15) is 4.31 Å². The number of hydrogen-bond donors (Lipinski definition) is 2. The number of benzene rings is 1. The maximum Gasteiger partial charge on any atom is 0.243 e. The van der Waals surface area contributed by atoms with Gasteiger partial charge in [0.05, 0.1) is 30.3 Å². The van der Waals surface area contributed by atoms with Crippen LogP contribution >= 0.6 is 0 Å². The number of sulfonamides is 1. The summed E-state index contributed by atoms with van der Waals surface area (Å²) in [5, 5.41) is 20.1. The summed E-state index contributed by atoms with van der Waals surface area (Å²) < 4.78 is 31.7. The Morgan fingerprint density at radius 3 is 2.59 bits per heavy atom. The van der Waals surface area contributed by atoms with Gasteiger partial charge in [0.15, 0.2) is 0 Å². The number of hydrogen-bond acceptors (Lipinski definition) is 5. The molecule has 3 atom stereocenters. The van der Waals surface area contributed by atoms with Gasteiger partial charge in [-0.3, -0.25) is 0 Å². The van der Waals surface area contributed by atoms with Crippen molar-refractivity contribution in [3.8, 4) is 5.75 Å². The van der Waals surface area contributed by atoms with Crippen molar-refractivity contribution in [1.29, 1.82) is 0 Å². The van der Waals surface area contributed by atoms with E-state index in [0.29, 0.717) is 18.6 Å². The molecule has 1 fully saturated rings. The predicted molar refractivity (Wildman–Crippen MR) is 82.2 cm³/mol. The maximum atomic E-state index is 12.7. The molecule has 0 aliphatic heterocycles. The van der Waals surface area contributed by atoms with E-state index in [-0.39, 0.29) is 4.90 Å². The van der Waals surface area contributed by atoms with Crippen LogP contribution in [-0.4, -0.2) is 55.3 Å². The van der Waals surface area contributed by atoms with Crippen molar-refractivity contribution in [2.24, 2.45) is 0 Å². The number of ether oxygens (including phenoxy) is 1. The van der Waals surface area contributed by atoms with E-state index < -0.39 is 28.3 Å².